The molecule has 1 atom stereocenters. The minimum atomic E-state index is -3.41. The lowest BCUT2D eigenvalue weighted by Crippen LogP contribution is -2.29. The van der Waals surface area contributed by atoms with E-state index in [4.69, 9.17) is 0 Å². The molecule has 1 aromatic rings. The summed E-state index contributed by atoms with van der Waals surface area (Å²) in [7, 11) is -3.41. The van der Waals surface area contributed by atoms with Crippen LogP contribution in [0, 0.1) is 5.92 Å². The molecule has 1 unspecified atom stereocenters. The number of para-hydroxylation sites is 1. The van der Waals surface area contributed by atoms with Gasteiger partial charge in [0, 0.05) is 12.1 Å². The van der Waals surface area contributed by atoms with Crippen LogP contribution in [0.4, 0.5) is 5.69 Å². The normalized spacial score (nSPS) is 21.4. The second-order valence-electron chi connectivity index (χ2n) is 6.37. The van der Waals surface area contributed by atoms with Crippen LogP contribution in [0.5, 0.6) is 0 Å². The Morgan fingerprint density at radius 3 is 2.43 bits per heavy atom. The van der Waals surface area contributed by atoms with Crippen LogP contribution in [0.15, 0.2) is 29.2 Å². The average Bonchev–Trinajstić information content (AvgIpc) is 3.08. The fourth-order valence-corrected chi connectivity index (χ4v) is 4.60. The van der Waals surface area contributed by atoms with E-state index in [-0.39, 0.29) is 6.04 Å². The summed E-state index contributed by atoms with van der Waals surface area (Å²) in [6.45, 7) is 2.16. The molecule has 0 saturated heterocycles. The van der Waals surface area contributed by atoms with Gasteiger partial charge in [-0.1, -0.05) is 25.0 Å². The summed E-state index contributed by atoms with van der Waals surface area (Å²) in [5.74, 6) is 0.650. The predicted octanol–water partition coefficient (Wildman–Crippen LogP) is 3.12. The van der Waals surface area contributed by atoms with Crippen LogP contribution in [0.2, 0.25) is 0 Å². The monoisotopic (exact) mass is 308 g/mol. The minimum absolute atomic E-state index is 0.135. The van der Waals surface area contributed by atoms with Crippen molar-refractivity contribution in [1.82, 2.24) is 4.72 Å². The lowest BCUT2D eigenvalue weighted by molar-refractivity contribution is 0.481. The topological polar surface area (TPSA) is 58.2 Å². The highest BCUT2D eigenvalue weighted by molar-refractivity contribution is 7.89. The highest BCUT2D eigenvalue weighted by Crippen LogP contribution is 2.31. The molecule has 2 N–H and O–H groups in total. The highest BCUT2D eigenvalue weighted by Gasteiger charge is 2.30. The second kappa shape index (κ2) is 5.97. The molecule has 2 aliphatic rings. The molecule has 0 heterocycles. The summed E-state index contributed by atoms with van der Waals surface area (Å²) in [4.78, 5) is 0.377. The van der Waals surface area contributed by atoms with Gasteiger partial charge in [0.05, 0.1) is 5.69 Å². The Bertz CT molecular complexity index is 590. The molecule has 0 spiro atoms. The molecule has 21 heavy (non-hydrogen) atoms. The summed E-state index contributed by atoms with van der Waals surface area (Å²) in [6.07, 6.45) is 6.97. The van der Waals surface area contributed by atoms with Gasteiger partial charge in [-0.05, 0) is 50.7 Å². The Labute approximate surface area is 127 Å². The Morgan fingerprint density at radius 1 is 1.10 bits per heavy atom. The fraction of sp³-hybridized carbons (Fsp3) is 0.625. The number of anilines is 1. The van der Waals surface area contributed by atoms with E-state index in [1.165, 1.54) is 25.7 Å². The largest absolute Gasteiger partial charge is 0.381 e. The molecule has 2 fully saturated rings. The third-order valence-electron chi connectivity index (χ3n) is 4.57. The average molecular weight is 308 g/mol. The minimum Gasteiger partial charge on any atom is -0.381 e. The lowest BCUT2D eigenvalue weighted by atomic mass is 9.99. The SMILES string of the molecule is CC(Nc1ccccc1S(=O)(=O)NC1CC1)C1CCCC1. The lowest BCUT2D eigenvalue weighted by Gasteiger charge is -2.23. The summed E-state index contributed by atoms with van der Waals surface area (Å²) >= 11 is 0. The maximum Gasteiger partial charge on any atom is 0.242 e. The quantitative estimate of drug-likeness (QED) is 0.849. The van der Waals surface area contributed by atoms with Crippen molar-refractivity contribution < 1.29 is 8.42 Å². The first kappa shape index (κ1) is 14.9. The van der Waals surface area contributed by atoms with Crippen molar-refractivity contribution in [2.75, 3.05) is 5.32 Å². The molecule has 4 nitrogen and oxygen atoms in total. The summed E-state index contributed by atoms with van der Waals surface area (Å²) < 4.78 is 27.7. The fourth-order valence-electron chi connectivity index (χ4n) is 3.12. The first-order valence-electron chi connectivity index (χ1n) is 7.94. The van der Waals surface area contributed by atoms with Crippen LogP contribution in [-0.4, -0.2) is 20.5 Å². The van der Waals surface area contributed by atoms with Gasteiger partial charge < -0.3 is 5.32 Å². The molecular weight excluding hydrogens is 284 g/mol. The van der Waals surface area contributed by atoms with Crippen molar-refractivity contribution in [3.05, 3.63) is 24.3 Å². The van der Waals surface area contributed by atoms with Crippen molar-refractivity contribution in [3.63, 3.8) is 0 Å². The van der Waals surface area contributed by atoms with Gasteiger partial charge in [0.15, 0.2) is 0 Å². The molecule has 0 radical (unpaired) electrons. The van der Waals surface area contributed by atoms with E-state index in [1.807, 2.05) is 12.1 Å². The summed E-state index contributed by atoms with van der Waals surface area (Å²) in [5.41, 5.74) is 0.727. The third-order valence-corrected chi connectivity index (χ3v) is 6.14. The maximum atomic E-state index is 12.5. The Balaban J connectivity index is 1.78. The number of nitrogens with one attached hydrogen (secondary N) is 2. The molecule has 5 heteroatoms. The molecular formula is C16H24N2O2S. The van der Waals surface area contributed by atoms with Crippen molar-refractivity contribution in [2.24, 2.45) is 5.92 Å². The number of benzene rings is 1. The smallest absolute Gasteiger partial charge is 0.242 e. The molecule has 0 aliphatic heterocycles. The van der Waals surface area contributed by atoms with Gasteiger partial charge in [-0.15, -0.1) is 0 Å². The van der Waals surface area contributed by atoms with E-state index in [2.05, 4.69) is 17.0 Å². The predicted molar refractivity (Wildman–Crippen MR) is 84.8 cm³/mol. The van der Waals surface area contributed by atoms with Crippen LogP contribution >= 0.6 is 0 Å². The Morgan fingerprint density at radius 2 is 1.76 bits per heavy atom. The first-order chi connectivity index (χ1) is 10.1. The Hall–Kier alpha value is -1.07. The van der Waals surface area contributed by atoms with Gasteiger partial charge in [-0.2, -0.15) is 0 Å². The molecule has 116 valence electrons. The van der Waals surface area contributed by atoms with E-state index in [0.29, 0.717) is 16.9 Å². The van der Waals surface area contributed by atoms with Gasteiger partial charge in [0.1, 0.15) is 4.90 Å². The molecule has 2 saturated carbocycles. The maximum absolute atomic E-state index is 12.5. The van der Waals surface area contributed by atoms with Crippen LogP contribution in [0.3, 0.4) is 0 Å². The highest BCUT2D eigenvalue weighted by atomic mass is 32.2. The van der Waals surface area contributed by atoms with Gasteiger partial charge in [-0.3, -0.25) is 0 Å². The zero-order valence-corrected chi connectivity index (χ0v) is 13.3. The molecule has 0 amide bonds. The van der Waals surface area contributed by atoms with Gasteiger partial charge in [-0.25, -0.2) is 13.1 Å². The molecule has 0 aromatic heterocycles. The van der Waals surface area contributed by atoms with E-state index >= 15 is 0 Å². The van der Waals surface area contributed by atoms with Crippen molar-refractivity contribution >= 4 is 15.7 Å². The zero-order valence-electron chi connectivity index (χ0n) is 12.5. The van der Waals surface area contributed by atoms with Crippen molar-refractivity contribution in [1.29, 1.82) is 0 Å². The van der Waals surface area contributed by atoms with Crippen molar-refractivity contribution in [2.45, 2.75) is 62.4 Å². The summed E-state index contributed by atoms with van der Waals surface area (Å²) in [5, 5.41) is 3.43. The number of hydrogen-bond acceptors (Lipinski definition) is 3. The second-order valence-corrected chi connectivity index (χ2v) is 8.05. The van der Waals surface area contributed by atoms with Gasteiger partial charge in [0.2, 0.25) is 10.0 Å². The van der Waals surface area contributed by atoms with Crippen LogP contribution < -0.4 is 10.0 Å². The van der Waals surface area contributed by atoms with E-state index in [0.717, 1.165) is 18.5 Å². The zero-order chi connectivity index (χ0) is 14.9. The van der Waals surface area contributed by atoms with Gasteiger partial charge >= 0.3 is 0 Å². The third kappa shape index (κ3) is 3.58. The first-order valence-corrected chi connectivity index (χ1v) is 9.42. The molecule has 2 aliphatic carbocycles. The molecule has 0 bridgehead atoms. The number of rotatable bonds is 6. The molecule has 3 rings (SSSR count). The standard InChI is InChI=1S/C16H24N2O2S/c1-12(13-6-2-3-7-13)17-15-8-4-5-9-16(15)21(19,20)18-14-10-11-14/h4-5,8-9,12-14,17-18H,2-3,6-7,10-11H2,1H3. The number of sulfonamides is 1. The van der Waals surface area contributed by atoms with E-state index < -0.39 is 10.0 Å². The van der Waals surface area contributed by atoms with Gasteiger partial charge in [0.25, 0.3) is 0 Å². The summed E-state index contributed by atoms with van der Waals surface area (Å²) in [6, 6.07) is 7.67. The number of hydrogen-bond donors (Lipinski definition) is 2. The van der Waals surface area contributed by atoms with Crippen molar-refractivity contribution in [3.8, 4) is 0 Å². The Kier molecular flexibility index (Phi) is 4.22. The van der Waals surface area contributed by atoms with E-state index in [1.54, 1.807) is 12.1 Å². The van der Waals surface area contributed by atoms with Crippen LogP contribution in [0.1, 0.15) is 45.4 Å². The molecule has 1 aromatic carbocycles. The van der Waals surface area contributed by atoms with E-state index in [9.17, 15) is 8.42 Å². The van der Waals surface area contributed by atoms with Crippen LogP contribution in [-0.2, 0) is 10.0 Å². The van der Waals surface area contributed by atoms with Crippen LogP contribution in [0.25, 0.3) is 0 Å².